The molecule has 0 spiro atoms. The highest BCUT2D eigenvalue weighted by atomic mass is 32.2. The first kappa shape index (κ1) is 15.8. The van der Waals surface area contributed by atoms with Crippen molar-refractivity contribution in [1.82, 2.24) is 4.72 Å². The zero-order chi connectivity index (χ0) is 15.5. The van der Waals surface area contributed by atoms with Crippen molar-refractivity contribution >= 4 is 21.8 Å². The largest absolute Gasteiger partial charge is 0.443 e. The highest BCUT2D eigenvalue weighted by Gasteiger charge is 2.32. The number of nitrogens with zero attached hydrogens (tertiary/aromatic N) is 1. The Morgan fingerprint density at radius 2 is 2.19 bits per heavy atom. The Kier molecular flexibility index (Phi) is 4.84. The van der Waals surface area contributed by atoms with Crippen LogP contribution in [0.3, 0.4) is 0 Å². The SMILES string of the molecule is CCCS(=O)(=O)NCC1CN(c2cccc(C)c2)C(=O)O1. The molecule has 1 N–H and O–H groups in total. The quantitative estimate of drug-likeness (QED) is 0.866. The van der Waals surface area contributed by atoms with Gasteiger partial charge in [-0.3, -0.25) is 4.90 Å². The summed E-state index contributed by atoms with van der Waals surface area (Å²) >= 11 is 0. The number of amides is 1. The van der Waals surface area contributed by atoms with E-state index in [4.69, 9.17) is 4.74 Å². The zero-order valence-electron chi connectivity index (χ0n) is 12.2. The number of carbonyl (C=O) groups is 1. The number of cyclic esters (lactones) is 1. The van der Waals surface area contributed by atoms with Crippen molar-refractivity contribution in [3.8, 4) is 0 Å². The lowest BCUT2D eigenvalue weighted by molar-refractivity contribution is 0.143. The summed E-state index contributed by atoms with van der Waals surface area (Å²) in [4.78, 5) is 13.4. The monoisotopic (exact) mass is 312 g/mol. The van der Waals surface area contributed by atoms with E-state index in [1.807, 2.05) is 31.2 Å². The maximum Gasteiger partial charge on any atom is 0.414 e. The molecule has 1 aliphatic rings. The van der Waals surface area contributed by atoms with Crippen LogP contribution in [0.2, 0.25) is 0 Å². The number of aryl methyl sites for hydroxylation is 1. The predicted molar refractivity (Wildman–Crippen MR) is 80.9 cm³/mol. The van der Waals surface area contributed by atoms with Gasteiger partial charge in [0.1, 0.15) is 6.10 Å². The fourth-order valence-electron chi connectivity index (χ4n) is 2.20. The van der Waals surface area contributed by atoms with E-state index in [1.54, 1.807) is 6.92 Å². The van der Waals surface area contributed by atoms with Gasteiger partial charge < -0.3 is 4.74 Å². The Morgan fingerprint density at radius 1 is 1.43 bits per heavy atom. The molecule has 1 atom stereocenters. The molecular weight excluding hydrogens is 292 g/mol. The molecule has 0 radical (unpaired) electrons. The van der Waals surface area contributed by atoms with Gasteiger partial charge in [0, 0.05) is 12.2 Å². The number of nitrogens with one attached hydrogen (secondary N) is 1. The van der Waals surface area contributed by atoms with Crippen LogP contribution < -0.4 is 9.62 Å². The van der Waals surface area contributed by atoms with Gasteiger partial charge in [0.25, 0.3) is 0 Å². The molecule has 1 fully saturated rings. The van der Waals surface area contributed by atoms with Crippen LogP contribution in [0.15, 0.2) is 24.3 Å². The van der Waals surface area contributed by atoms with Crippen LogP contribution in [0.25, 0.3) is 0 Å². The van der Waals surface area contributed by atoms with E-state index in [-0.39, 0.29) is 12.3 Å². The van der Waals surface area contributed by atoms with Crippen LogP contribution in [0, 0.1) is 6.92 Å². The van der Waals surface area contributed by atoms with Crippen molar-refractivity contribution in [2.75, 3.05) is 23.7 Å². The summed E-state index contributed by atoms with van der Waals surface area (Å²) in [5.74, 6) is 0.0786. The minimum absolute atomic E-state index is 0.0786. The zero-order valence-corrected chi connectivity index (χ0v) is 13.0. The van der Waals surface area contributed by atoms with Gasteiger partial charge in [0.2, 0.25) is 10.0 Å². The molecule has 1 heterocycles. The third-order valence-electron chi connectivity index (χ3n) is 3.19. The maximum absolute atomic E-state index is 11.9. The third kappa shape index (κ3) is 4.18. The molecule has 1 unspecified atom stereocenters. The topological polar surface area (TPSA) is 75.7 Å². The number of benzene rings is 1. The van der Waals surface area contributed by atoms with Crippen LogP contribution in [0.4, 0.5) is 10.5 Å². The molecule has 7 heteroatoms. The normalized spacial score (nSPS) is 18.9. The molecule has 0 saturated carbocycles. The minimum Gasteiger partial charge on any atom is -0.443 e. The van der Waals surface area contributed by atoms with E-state index in [0.29, 0.717) is 13.0 Å². The predicted octanol–water partition coefficient (Wildman–Crippen LogP) is 1.65. The molecule has 1 aromatic rings. The summed E-state index contributed by atoms with van der Waals surface area (Å²) in [6.45, 7) is 4.20. The fourth-order valence-corrected chi connectivity index (χ4v) is 3.32. The van der Waals surface area contributed by atoms with Crippen molar-refractivity contribution in [3.63, 3.8) is 0 Å². The van der Waals surface area contributed by atoms with Gasteiger partial charge in [0.15, 0.2) is 0 Å². The van der Waals surface area contributed by atoms with Crippen molar-refractivity contribution in [2.24, 2.45) is 0 Å². The van der Waals surface area contributed by atoms with E-state index in [2.05, 4.69) is 4.72 Å². The van der Waals surface area contributed by atoms with E-state index < -0.39 is 22.2 Å². The number of carbonyl (C=O) groups excluding carboxylic acids is 1. The Balaban J connectivity index is 1.97. The molecule has 0 aromatic heterocycles. The van der Waals surface area contributed by atoms with Gasteiger partial charge in [-0.05, 0) is 31.0 Å². The molecule has 1 aromatic carbocycles. The summed E-state index contributed by atoms with van der Waals surface area (Å²) in [5.41, 5.74) is 1.81. The van der Waals surface area contributed by atoms with Crippen LogP contribution in [-0.2, 0) is 14.8 Å². The molecule has 0 bridgehead atoms. The lowest BCUT2D eigenvalue weighted by Crippen LogP contribution is -2.35. The summed E-state index contributed by atoms with van der Waals surface area (Å²) in [6.07, 6.45) is -0.361. The van der Waals surface area contributed by atoms with Crippen LogP contribution in [0.1, 0.15) is 18.9 Å². The molecule has 1 saturated heterocycles. The summed E-state index contributed by atoms with van der Waals surface area (Å²) in [5, 5.41) is 0. The maximum atomic E-state index is 11.9. The van der Waals surface area contributed by atoms with Gasteiger partial charge in [-0.15, -0.1) is 0 Å². The lowest BCUT2D eigenvalue weighted by atomic mass is 10.2. The van der Waals surface area contributed by atoms with E-state index in [0.717, 1.165) is 11.3 Å². The third-order valence-corrected chi connectivity index (χ3v) is 4.74. The average Bonchev–Trinajstić information content (AvgIpc) is 2.78. The van der Waals surface area contributed by atoms with Crippen LogP contribution in [0.5, 0.6) is 0 Å². The Bertz CT molecular complexity index is 615. The number of ether oxygens (including phenoxy) is 1. The van der Waals surface area contributed by atoms with Gasteiger partial charge in [-0.1, -0.05) is 19.1 Å². The lowest BCUT2D eigenvalue weighted by Gasteiger charge is -2.13. The summed E-state index contributed by atoms with van der Waals surface area (Å²) < 4.78 is 30.9. The standard InChI is InChI=1S/C14H20N2O4S/c1-3-7-21(18,19)15-9-13-10-16(14(17)20-13)12-6-4-5-11(2)8-12/h4-6,8,13,15H,3,7,9-10H2,1-2H3. The summed E-state index contributed by atoms with van der Waals surface area (Å²) in [7, 11) is -3.29. The highest BCUT2D eigenvalue weighted by Crippen LogP contribution is 2.22. The molecule has 1 aliphatic heterocycles. The Labute approximate surface area is 125 Å². The molecule has 6 nitrogen and oxygen atoms in total. The van der Waals surface area contributed by atoms with Crippen LogP contribution >= 0.6 is 0 Å². The first-order chi connectivity index (χ1) is 9.91. The second kappa shape index (κ2) is 6.44. The van der Waals surface area contributed by atoms with Gasteiger partial charge >= 0.3 is 6.09 Å². The van der Waals surface area contributed by atoms with E-state index in [9.17, 15) is 13.2 Å². The van der Waals surface area contributed by atoms with E-state index >= 15 is 0 Å². The van der Waals surface area contributed by atoms with Crippen molar-refractivity contribution in [1.29, 1.82) is 0 Å². The average molecular weight is 312 g/mol. The highest BCUT2D eigenvalue weighted by molar-refractivity contribution is 7.89. The molecule has 2 rings (SSSR count). The number of anilines is 1. The van der Waals surface area contributed by atoms with Crippen molar-refractivity contribution in [2.45, 2.75) is 26.4 Å². The number of hydrogen-bond donors (Lipinski definition) is 1. The molecule has 0 aliphatic carbocycles. The Hall–Kier alpha value is -1.60. The summed E-state index contributed by atoms with van der Waals surface area (Å²) in [6, 6.07) is 7.54. The fraction of sp³-hybridized carbons (Fsp3) is 0.500. The van der Waals surface area contributed by atoms with Gasteiger partial charge in [0.05, 0.1) is 12.3 Å². The van der Waals surface area contributed by atoms with Gasteiger partial charge in [-0.2, -0.15) is 0 Å². The molecule has 116 valence electrons. The van der Waals surface area contributed by atoms with Gasteiger partial charge in [-0.25, -0.2) is 17.9 Å². The van der Waals surface area contributed by atoms with Crippen LogP contribution in [-0.4, -0.2) is 39.5 Å². The molecular formula is C14H20N2O4S. The van der Waals surface area contributed by atoms with E-state index in [1.165, 1.54) is 4.90 Å². The molecule has 1 amide bonds. The first-order valence-electron chi connectivity index (χ1n) is 6.93. The number of rotatable bonds is 6. The second-order valence-corrected chi connectivity index (χ2v) is 7.05. The molecule has 21 heavy (non-hydrogen) atoms. The number of hydrogen-bond acceptors (Lipinski definition) is 4. The Morgan fingerprint density at radius 3 is 2.86 bits per heavy atom. The second-order valence-electron chi connectivity index (χ2n) is 5.12. The minimum atomic E-state index is -3.29. The van der Waals surface area contributed by atoms with Crippen molar-refractivity contribution in [3.05, 3.63) is 29.8 Å². The smallest absolute Gasteiger partial charge is 0.414 e. The first-order valence-corrected chi connectivity index (χ1v) is 8.58. The van der Waals surface area contributed by atoms with Crippen molar-refractivity contribution < 1.29 is 17.9 Å². The number of sulfonamides is 1.